The molecule has 1 rings (SSSR count). The molecule has 1 aromatic heterocycles. The highest BCUT2D eigenvalue weighted by Crippen LogP contribution is 2.04. The Labute approximate surface area is 96.5 Å². The van der Waals surface area contributed by atoms with E-state index in [2.05, 4.69) is 4.98 Å². The molecule has 0 saturated carbocycles. The van der Waals surface area contributed by atoms with Gasteiger partial charge in [0.25, 0.3) is 5.91 Å². The molecule has 2 N–H and O–H groups in total. The van der Waals surface area contributed by atoms with Crippen molar-refractivity contribution < 1.29 is 4.79 Å². The van der Waals surface area contributed by atoms with E-state index in [9.17, 15) is 4.79 Å². The Kier molecular flexibility index (Phi) is 4.92. The molecule has 1 aromatic rings. The number of amides is 1. The first-order valence-corrected chi connectivity index (χ1v) is 5.62. The standard InChI is InChI=1S/C12H19N3O/c1-3-15(9-5-8-13)12(16)11-7-4-6-10(2)14-11/h4,6-7H,3,5,8-9,13H2,1-2H3. The highest BCUT2D eigenvalue weighted by Gasteiger charge is 2.14. The summed E-state index contributed by atoms with van der Waals surface area (Å²) in [7, 11) is 0. The maximum Gasteiger partial charge on any atom is 0.272 e. The van der Waals surface area contributed by atoms with E-state index in [-0.39, 0.29) is 5.91 Å². The Morgan fingerprint density at radius 1 is 1.50 bits per heavy atom. The number of aromatic nitrogens is 1. The lowest BCUT2D eigenvalue weighted by molar-refractivity contribution is 0.0757. The molecular formula is C12H19N3O. The second-order valence-electron chi connectivity index (χ2n) is 3.69. The third kappa shape index (κ3) is 3.31. The Morgan fingerprint density at radius 2 is 2.25 bits per heavy atom. The molecule has 1 heterocycles. The van der Waals surface area contributed by atoms with Crippen LogP contribution >= 0.6 is 0 Å². The maximum absolute atomic E-state index is 12.1. The average molecular weight is 221 g/mol. The van der Waals surface area contributed by atoms with Crippen LogP contribution in [0.25, 0.3) is 0 Å². The van der Waals surface area contributed by atoms with Crippen molar-refractivity contribution in [3.8, 4) is 0 Å². The summed E-state index contributed by atoms with van der Waals surface area (Å²) in [5.41, 5.74) is 6.82. The molecule has 0 aliphatic heterocycles. The monoisotopic (exact) mass is 221 g/mol. The van der Waals surface area contributed by atoms with Crippen molar-refractivity contribution in [1.29, 1.82) is 0 Å². The van der Waals surface area contributed by atoms with Crippen molar-refractivity contribution in [2.45, 2.75) is 20.3 Å². The zero-order chi connectivity index (χ0) is 12.0. The molecular weight excluding hydrogens is 202 g/mol. The molecule has 1 amide bonds. The van der Waals surface area contributed by atoms with Crippen LogP contribution in [0.4, 0.5) is 0 Å². The predicted octanol–water partition coefficient (Wildman–Crippen LogP) is 1.20. The van der Waals surface area contributed by atoms with E-state index >= 15 is 0 Å². The minimum Gasteiger partial charge on any atom is -0.338 e. The van der Waals surface area contributed by atoms with Crippen molar-refractivity contribution in [2.24, 2.45) is 5.73 Å². The van der Waals surface area contributed by atoms with Gasteiger partial charge in [0.15, 0.2) is 0 Å². The van der Waals surface area contributed by atoms with Gasteiger partial charge in [-0.3, -0.25) is 4.79 Å². The topological polar surface area (TPSA) is 59.2 Å². The number of nitrogens with zero attached hydrogens (tertiary/aromatic N) is 2. The van der Waals surface area contributed by atoms with Gasteiger partial charge in [-0.05, 0) is 38.9 Å². The number of nitrogens with two attached hydrogens (primary N) is 1. The third-order valence-electron chi connectivity index (χ3n) is 2.41. The van der Waals surface area contributed by atoms with Gasteiger partial charge in [0.2, 0.25) is 0 Å². The summed E-state index contributed by atoms with van der Waals surface area (Å²) in [6.45, 7) is 5.83. The number of hydrogen-bond acceptors (Lipinski definition) is 3. The lowest BCUT2D eigenvalue weighted by atomic mass is 10.2. The summed E-state index contributed by atoms with van der Waals surface area (Å²) >= 11 is 0. The van der Waals surface area contributed by atoms with Gasteiger partial charge in [0, 0.05) is 18.8 Å². The molecule has 0 bridgehead atoms. The van der Waals surface area contributed by atoms with E-state index in [4.69, 9.17) is 5.73 Å². The molecule has 88 valence electrons. The summed E-state index contributed by atoms with van der Waals surface area (Å²) < 4.78 is 0. The summed E-state index contributed by atoms with van der Waals surface area (Å²) in [5, 5.41) is 0. The van der Waals surface area contributed by atoms with Gasteiger partial charge in [-0.25, -0.2) is 4.98 Å². The minimum absolute atomic E-state index is 0.0142. The van der Waals surface area contributed by atoms with Gasteiger partial charge in [-0.1, -0.05) is 6.07 Å². The number of carbonyl (C=O) groups excluding carboxylic acids is 1. The molecule has 4 heteroatoms. The van der Waals surface area contributed by atoms with Crippen molar-refractivity contribution in [2.75, 3.05) is 19.6 Å². The molecule has 0 aliphatic rings. The van der Waals surface area contributed by atoms with Crippen LogP contribution in [0.3, 0.4) is 0 Å². The number of hydrogen-bond donors (Lipinski definition) is 1. The van der Waals surface area contributed by atoms with Crippen molar-refractivity contribution in [3.05, 3.63) is 29.6 Å². The number of rotatable bonds is 5. The predicted molar refractivity (Wildman–Crippen MR) is 64.2 cm³/mol. The second kappa shape index (κ2) is 6.23. The van der Waals surface area contributed by atoms with Crippen LogP contribution in [0.5, 0.6) is 0 Å². The van der Waals surface area contributed by atoms with Gasteiger partial charge in [-0.2, -0.15) is 0 Å². The van der Waals surface area contributed by atoms with Crippen LogP contribution in [0.15, 0.2) is 18.2 Å². The third-order valence-corrected chi connectivity index (χ3v) is 2.41. The fourth-order valence-electron chi connectivity index (χ4n) is 1.51. The molecule has 0 aliphatic carbocycles. The van der Waals surface area contributed by atoms with Crippen molar-refractivity contribution in [1.82, 2.24) is 9.88 Å². The first-order chi connectivity index (χ1) is 7.69. The SMILES string of the molecule is CCN(CCCN)C(=O)c1cccc(C)n1. The molecule has 0 aromatic carbocycles. The van der Waals surface area contributed by atoms with Crippen LogP contribution in [-0.4, -0.2) is 35.4 Å². The van der Waals surface area contributed by atoms with Gasteiger partial charge in [-0.15, -0.1) is 0 Å². The normalized spacial score (nSPS) is 10.2. The van der Waals surface area contributed by atoms with Crippen molar-refractivity contribution >= 4 is 5.91 Å². The highest BCUT2D eigenvalue weighted by atomic mass is 16.2. The van der Waals surface area contributed by atoms with Crippen LogP contribution in [-0.2, 0) is 0 Å². The van der Waals surface area contributed by atoms with Gasteiger partial charge in [0.05, 0.1) is 0 Å². The number of carbonyl (C=O) groups is 1. The minimum atomic E-state index is -0.0142. The van der Waals surface area contributed by atoms with Crippen LogP contribution in [0.1, 0.15) is 29.5 Å². The highest BCUT2D eigenvalue weighted by molar-refractivity contribution is 5.92. The largest absolute Gasteiger partial charge is 0.338 e. The van der Waals surface area contributed by atoms with Crippen LogP contribution in [0, 0.1) is 6.92 Å². The number of pyridine rings is 1. The molecule has 0 spiro atoms. The fraction of sp³-hybridized carbons (Fsp3) is 0.500. The van der Waals surface area contributed by atoms with Crippen molar-refractivity contribution in [3.63, 3.8) is 0 Å². The van der Waals surface area contributed by atoms with E-state index in [1.165, 1.54) is 0 Å². The average Bonchev–Trinajstić information content (AvgIpc) is 2.29. The molecule has 0 unspecified atom stereocenters. The first kappa shape index (κ1) is 12.6. The number of aryl methyl sites for hydroxylation is 1. The van der Waals surface area contributed by atoms with E-state index in [0.29, 0.717) is 25.3 Å². The Hall–Kier alpha value is -1.42. The maximum atomic E-state index is 12.1. The summed E-state index contributed by atoms with van der Waals surface area (Å²) in [6.07, 6.45) is 0.825. The van der Waals surface area contributed by atoms with Crippen LogP contribution in [0.2, 0.25) is 0 Å². The van der Waals surface area contributed by atoms with E-state index in [1.807, 2.05) is 26.0 Å². The summed E-state index contributed by atoms with van der Waals surface area (Å²) in [6, 6.07) is 5.49. The first-order valence-electron chi connectivity index (χ1n) is 5.62. The Morgan fingerprint density at radius 3 is 2.81 bits per heavy atom. The molecule has 0 radical (unpaired) electrons. The van der Waals surface area contributed by atoms with E-state index < -0.39 is 0 Å². The summed E-state index contributed by atoms with van der Waals surface area (Å²) in [5.74, 6) is -0.0142. The molecule has 0 atom stereocenters. The zero-order valence-electron chi connectivity index (χ0n) is 9.94. The smallest absolute Gasteiger partial charge is 0.272 e. The van der Waals surface area contributed by atoms with E-state index in [1.54, 1.807) is 11.0 Å². The Balaban J connectivity index is 2.74. The van der Waals surface area contributed by atoms with Gasteiger partial charge < -0.3 is 10.6 Å². The van der Waals surface area contributed by atoms with E-state index in [0.717, 1.165) is 12.1 Å². The second-order valence-corrected chi connectivity index (χ2v) is 3.69. The van der Waals surface area contributed by atoms with Crippen LogP contribution < -0.4 is 5.73 Å². The quantitative estimate of drug-likeness (QED) is 0.812. The molecule has 4 nitrogen and oxygen atoms in total. The zero-order valence-corrected chi connectivity index (χ0v) is 9.94. The lowest BCUT2D eigenvalue weighted by Gasteiger charge is -2.20. The van der Waals surface area contributed by atoms with Gasteiger partial charge >= 0.3 is 0 Å². The summed E-state index contributed by atoms with van der Waals surface area (Å²) in [4.78, 5) is 18.1. The van der Waals surface area contributed by atoms with Gasteiger partial charge in [0.1, 0.15) is 5.69 Å². The molecule has 0 fully saturated rings. The molecule has 16 heavy (non-hydrogen) atoms. The Bertz CT molecular complexity index is 352. The lowest BCUT2D eigenvalue weighted by Crippen LogP contribution is -2.33. The fourth-order valence-corrected chi connectivity index (χ4v) is 1.51. The molecule has 0 saturated heterocycles.